The molecule has 49 heavy (non-hydrogen) atoms. The van der Waals surface area contributed by atoms with Gasteiger partial charge in [-0.3, -0.25) is 0 Å². The molecule has 0 bridgehead atoms. The molecular formula is C35H68O14. The molecule has 0 aliphatic rings. The van der Waals surface area contributed by atoms with Gasteiger partial charge in [0.15, 0.2) is 0 Å². The number of esters is 1. The molecule has 292 valence electrons. The molecule has 0 spiro atoms. The first-order valence-electron chi connectivity index (χ1n) is 18.0. The summed E-state index contributed by atoms with van der Waals surface area (Å²) >= 11 is 0. The van der Waals surface area contributed by atoms with E-state index in [0.29, 0.717) is 152 Å². The molecule has 0 unspecified atom stereocenters. The lowest BCUT2D eigenvalue weighted by Gasteiger charge is -2.09. The van der Waals surface area contributed by atoms with Crippen molar-refractivity contribution >= 4 is 5.97 Å². The second kappa shape index (κ2) is 44.8. The first-order chi connectivity index (χ1) is 24.3. The number of unbranched alkanes of at least 4 members (excludes halogenated alkanes) is 5. The summed E-state index contributed by atoms with van der Waals surface area (Å²) in [6.07, 6.45) is 8.78. The van der Waals surface area contributed by atoms with Crippen molar-refractivity contribution in [3.05, 3.63) is 12.7 Å². The second-order valence-electron chi connectivity index (χ2n) is 10.5. The highest BCUT2D eigenvalue weighted by molar-refractivity contribution is 5.81. The Labute approximate surface area is 295 Å². The zero-order chi connectivity index (χ0) is 35.4. The number of hydrogen-bond donors (Lipinski definition) is 0. The predicted octanol–water partition coefficient (Wildman–Crippen LogP) is 3.28. The van der Waals surface area contributed by atoms with Gasteiger partial charge in [-0.25, -0.2) is 4.79 Å². The smallest absolute Gasteiger partial charge is 0.330 e. The lowest BCUT2D eigenvalue weighted by molar-refractivity contribution is -0.139. The quantitative estimate of drug-likeness (QED) is 0.0519. The molecular weight excluding hydrogens is 644 g/mol. The van der Waals surface area contributed by atoms with Crippen molar-refractivity contribution in [2.45, 2.75) is 45.4 Å². The molecule has 0 aromatic rings. The molecule has 0 aromatic carbocycles. The minimum atomic E-state index is -0.458. The monoisotopic (exact) mass is 712 g/mol. The van der Waals surface area contributed by atoms with E-state index < -0.39 is 5.97 Å². The third-order valence-corrected chi connectivity index (χ3v) is 6.37. The van der Waals surface area contributed by atoms with E-state index in [2.05, 4.69) is 13.5 Å². The Kier molecular flexibility index (Phi) is 43.6. The van der Waals surface area contributed by atoms with Crippen LogP contribution in [0.1, 0.15) is 45.4 Å². The van der Waals surface area contributed by atoms with Crippen LogP contribution >= 0.6 is 0 Å². The van der Waals surface area contributed by atoms with Gasteiger partial charge in [-0.1, -0.05) is 45.6 Å². The molecule has 0 atom stereocenters. The molecule has 0 aliphatic carbocycles. The Hall–Kier alpha value is -1.27. The van der Waals surface area contributed by atoms with Crippen LogP contribution in [-0.4, -0.2) is 171 Å². The van der Waals surface area contributed by atoms with Crippen molar-refractivity contribution < 1.29 is 66.4 Å². The predicted molar refractivity (Wildman–Crippen MR) is 184 cm³/mol. The highest BCUT2D eigenvalue weighted by Gasteiger charge is 1.98. The minimum absolute atomic E-state index is 0.198. The minimum Gasteiger partial charge on any atom is -0.460 e. The maximum absolute atomic E-state index is 10.8. The molecule has 0 heterocycles. The summed E-state index contributed by atoms with van der Waals surface area (Å²) in [6, 6.07) is 0. The van der Waals surface area contributed by atoms with E-state index in [1.807, 2.05) is 0 Å². The number of carbonyl (C=O) groups excluding carboxylic acids is 1. The van der Waals surface area contributed by atoms with Gasteiger partial charge in [-0.2, -0.15) is 0 Å². The summed E-state index contributed by atoms with van der Waals surface area (Å²) in [6.45, 7) is 18.2. The fourth-order valence-electron chi connectivity index (χ4n) is 3.77. The maximum atomic E-state index is 10.8. The van der Waals surface area contributed by atoms with Crippen molar-refractivity contribution in [2.24, 2.45) is 0 Å². The topological polar surface area (TPSA) is 137 Å². The first-order valence-corrected chi connectivity index (χ1v) is 18.0. The molecule has 0 aromatic heterocycles. The van der Waals surface area contributed by atoms with E-state index in [1.165, 1.54) is 32.1 Å². The molecule has 0 radical (unpaired) electrons. The van der Waals surface area contributed by atoms with Gasteiger partial charge < -0.3 is 61.6 Å². The third kappa shape index (κ3) is 44.7. The lowest BCUT2D eigenvalue weighted by Crippen LogP contribution is -2.15. The largest absolute Gasteiger partial charge is 0.460 e. The van der Waals surface area contributed by atoms with E-state index >= 15 is 0 Å². The summed E-state index contributed by atoms with van der Waals surface area (Å²) in [4.78, 5) is 10.8. The summed E-state index contributed by atoms with van der Waals surface area (Å²) in [5.41, 5.74) is 0. The van der Waals surface area contributed by atoms with E-state index in [1.54, 1.807) is 0 Å². The third-order valence-electron chi connectivity index (χ3n) is 6.37. The van der Waals surface area contributed by atoms with Crippen LogP contribution < -0.4 is 0 Å². The first kappa shape index (κ1) is 47.7. The molecule has 14 heteroatoms. The number of carbonyl (C=O) groups is 1. The summed E-state index contributed by atoms with van der Waals surface area (Å²) in [7, 11) is 0. The Balaban J connectivity index is 3.05. The zero-order valence-corrected chi connectivity index (χ0v) is 30.4. The lowest BCUT2D eigenvalue weighted by atomic mass is 10.1. The van der Waals surface area contributed by atoms with E-state index in [0.717, 1.165) is 19.1 Å². The fourth-order valence-corrected chi connectivity index (χ4v) is 3.77. The van der Waals surface area contributed by atoms with Gasteiger partial charge in [0.05, 0.1) is 152 Å². The summed E-state index contributed by atoms with van der Waals surface area (Å²) in [5.74, 6) is -0.458. The molecule has 0 fully saturated rings. The molecule has 0 N–H and O–H groups in total. The number of hydrogen-bond acceptors (Lipinski definition) is 14. The number of rotatable bonds is 44. The van der Waals surface area contributed by atoms with Crippen LogP contribution in [0.2, 0.25) is 0 Å². The Morgan fingerprint density at radius 3 is 0.837 bits per heavy atom. The SMILES string of the molecule is C=CC(=O)OCCOCCOCCOCCOCCOCCOCCOCCOCCOCCOCCOCCOCCCCCCCC. The van der Waals surface area contributed by atoms with E-state index in [4.69, 9.17) is 61.6 Å². The van der Waals surface area contributed by atoms with Gasteiger partial charge in [0.25, 0.3) is 0 Å². The molecule has 0 saturated heterocycles. The van der Waals surface area contributed by atoms with Gasteiger partial charge in [0, 0.05) is 12.7 Å². The van der Waals surface area contributed by atoms with Gasteiger partial charge in [0.2, 0.25) is 0 Å². The molecule has 14 nitrogen and oxygen atoms in total. The highest BCUT2D eigenvalue weighted by atomic mass is 16.6. The van der Waals surface area contributed by atoms with E-state index in [-0.39, 0.29) is 6.61 Å². The van der Waals surface area contributed by atoms with Crippen LogP contribution in [0.5, 0.6) is 0 Å². The van der Waals surface area contributed by atoms with Gasteiger partial charge >= 0.3 is 5.97 Å². The number of ether oxygens (including phenoxy) is 13. The maximum Gasteiger partial charge on any atom is 0.330 e. The van der Waals surface area contributed by atoms with Gasteiger partial charge in [0.1, 0.15) is 6.61 Å². The molecule has 0 rings (SSSR count). The van der Waals surface area contributed by atoms with Crippen molar-refractivity contribution in [3.63, 3.8) is 0 Å². The average Bonchev–Trinajstić information content (AvgIpc) is 3.11. The molecule has 0 amide bonds. The fraction of sp³-hybridized carbons (Fsp3) is 0.914. The standard InChI is InChI=1S/C35H68O14/c1-3-5-6-7-8-9-10-37-11-12-38-13-14-39-15-16-40-17-18-41-19-20-42-21-22-43-23-24-44-25-26-45-27-28-46-29-30-47-31-32-48-33-34-49-35(36)4-2/h4H,2-3,5-34H2,1H3. The second-order valence-corrected chi connectivity index (χ2v) is 10.5. The van der Waals surface area contributed by atoms with Gasteiger partial charge in [-0.15, -0.1) is 0 Å². The Morgan fingerprint density at radius 1 is 0.347 bits per heavy atom. The van der Waals surface area contributed by atoms with Crippen LogP contribution in [0.3, 0.4) is 0 Å². The van der Waals surface area contributed by atoms with Crippen molar-refractivity contribution in [2.75, 3.05) is 165 Å². The highest BCUT2D eigenvalue weighted by Crippen LogP contribution is 2.04. The zero-order valence-electron chi connectivity index (χ0n) is 30.4. The Bertz CT molecular complexity index is 643. The molecule has 0 saturated carbocycles. The summed E-state index contributed by atoms with van der Waals surface area (Å²) in [5, 5.41) is 0. The molecule has 0 aliphatic heterocycles. The average molecular weight is 713 g/mol. The van der Waals surface area contributed by atoms with Crippen molar-refractivity contribution in [3.8, 4) is 0 Å². The van der Waals surface area contributed by atoms with Crippen molar-refractivity contribution in [1.29, 1.82) is 0 Å². The van der Waals surface area contributed by atoms with Crippen LogP contribution in [0.25, 0.3) is 0 Å². The normalized spacial score (nSPS) is 11.4. The van der Waals surface area contributed by atoms with E-state index in [9.17, 15) is 4.79 Å². The van der Waals surface area contributed by atoms with Crippen LogP contribution in [-0.2, 0) is 66.4 Å². The van der Waals surface area contributed by atoms with Crippen LogP contribution in [0.4, 0.5) is 0 Å². The van der Waals surface area contributed by atoms with Crippen LogP contribution in [0.15, 0.2) is 12.7 Å². The van der Waals surface area contributed by atoms with Crippen LogP contribution in [0, 0.1) is 0 Å². The summed E-state index contributed by atoms with van der Waals surface area (Å²) < 4.78 is 70.3. The van der Waals surface area contributed by atoms with Crippen molar-refractivity contribution in [1.82, 2.24) is 0 Å². The van der Waals surface area contributed by atoms with Gasteiger partial charge in [-0.05, 0) is 6.42 Å². The Morgan fingerprint density at radius 2 is 0.571 bits per heavy atom.